The molecule has 0 rings (SSSR count). The first-order valence-electron chi connectivity index (χ1n) is 4.74. The molecule has 0 saturated carbocycles. The smallest absolute Gasteiger partial charge is 0.239 e. The number of ether oxygens (including phenoxy) is 1. The van der Waals surface area contributed by atoms with E-state index in [0.29, 0.717) is 13.1 Å². The minimum absolute atomic E-state index is 0.222. The Morgan fingerprint density at radius 2 is 2.07 bits per heavy atom. The van der Waals surface area contributed by atoms with Crippen molar-refractivity contribution in [3.8, 4) is 0 Å². The lowest BCUT2D eigenvalue weighted by Crippen LogP contribution is -2.46. The highest BCUT2D eigenvalue weighted by Gasteiger charge is 2.17. The molecule has 0 aliphatic carbocycles. The van der Waals surface area contributed by atoms with E-state index in [1.54, 1.807) is 0 Å². The maximum absolute atomic E-state index is 11.2. The van der Waals surface area contributed by atoms with Crippen LogP contribution >= 0.6 is 0 Å². The van der Waals surface area contributed by atoms with Crippen molar-refractivity contribution in [3.05, 3.63) is 0 Å². The lowest BCUT2D eigenvalue weighted by atomic mass is 10.2. The Kier molecular flexibility index (Phi) is 5.68. The molecule has 14 heavy (non-hydrogen) atoms. The molecule has 0 saturated heterocycles. The molecule has 0 aliphatic rings. The summed E-state index contributed by atoms with van der Waals surface area (Å²) in [5.41, 5.74) is 10.5. The van der Waals surface area contributed by atoms with Crippen LogP contribution in [0.1, 0.15) is 20.8 Å². The summed E-state index contributed by atoms with van der Waals surface area (Å²) >= 11 is 0. The minimum Gasteiger partial charge on any atom is -0.374 e. The summed E-state index contributed by atoms with van der Waals surface area (Å²) in [7, 11) is 0. The van der Waals surface area contributed by atoms with E-state index in [-0.39, 0.29) is 18.1 Å². The highest BCUT2D eigenvalue weighted by Crippen LogP contribution is 2.06. The van der Waals surface area contributed by atoms with Crippen LogP contribution < -0.4 is 16.8 Å². The monoisotopic (exact) mass is 203 g/mol. The molecule has 1 atom stereocenters. The van der Waals surface area contributed by atoms with Crippen LogP contribution in [0.15, 0.2) is 0 Å². The van der Waals surface area contributed by atoms with Crippen molar-refractivity contribution in [1.82, 2.24) is 5.32 Å². The molecule has 5 N–H and O–H groups in total. The van der Waals surface area contributed by atoms with Crippen molar-refractivity contribution >= 4 is 5.91 Å². The third-order valence-electron chi connectivity index (χ3n) is 1.48. The van der Waals surface area contributed by atoms with Crippen molar-refractivity contribution in [2.75, 3.05) is 19.7 Å². The number of nitrogens with two attached hydrogens (primary N) is 2. The SMILES string of the molecule is CC(C)(C)OC[C@@H](N)C(=O)NCCN. The highest BCUT2D eigenvalue weighted by molar-refractivity contribution is 5.81. The molecule has 0 fully saturated rings. The molecule has 0 aromatic carbocycles. The quantitative estimate of drug-likeness (QED) is 0.546. The number of rotatable bonds is 5. The van der Waals surface area contributed by atoms with Crippen LogP contribution in [0, 0.1) is 0 Å². The predicted molar refractivity (Wildman–Crippen MR) is 55.7 cm³/mol. The maximum Gasteiger partial charge on any atom is 0.239 e. The summed E-state index contributed by atoms with van der Waals surface area (Å²) in [6.45, 7) is 6.83. The first-order chi connectivity index (χ1) is 6.37. The lowest BCUT2D eigenvalue weighted by molar-refractivity contribution is -0.125. The van der Waals surface area contributed by atoms with Gasteiger partial charge in [-0.1, -0.05) is 0 Å². The molecule has 0 unspecified atom stereocenters. The van der Waals surface area contributed by atoms with Gasteiger partial charge in [0.15, 0.2) is 0 Å². The topological polar surface area (TPSA) is 90.4 Å². The zero-order valence-corrected chi connectivity index (χ0v) is 9.17. The van der Waals surface area contributed by atoms with Gasteiger partial charge in [0, 0.05) is 13.1 Å². The Morgan fingerprint density at radius 3 is 2.50 bits per heavy atom. The minimum atomic E-state index is -0.624. The molecule has 84 valence electrons. The summed E-state index contributed by atoms with van der Waals surface area (Å²) < 4.78 is 5.38. The molecule has 0 aromatic heterocycles. The van der Waals surface area contributed by atoms with E-state index < -0.39 is 6.04 Å². The largest absolute Gasteiger partial charge is 0.374 e. The Hall–Kier alpha value is -0.650. The molecule has 0 aliphatic heterocycles. The Morgan fingerprint density at radius 1 is 1.50 bits per heavy atom. The molecule has 0 heterocycles. The number of carbonyl (C=O) groups is 1. The van der Waals surface area contributed by atoms with Crippen molar-refractivity contribution in [2.24, 2.45) is 11.5 Å². The number of hydrogen-bond donors (Lipinski definition) is 3. The average molecular weight is 203 g/mol. The third kappa shape index (κ3) is 6.82. The number of nitrogens with one attached hydrogen (secondary N) is 1. The molecular weight excluding hydrogens is 182 g/mol. The van der Waals surface area contributed by atoms with Gasteiger partial charge in [-0.05, 0) is 20.8 Å². The predicted octanol–water partition coefficient (Wildman–Crippen LogP) is -0.796. The van der Waals surface area contributed by atoms with Gasteiger partial charge in [0.2, 0.25) is 5.91 Å². The van der Waals surface area contributed by atoms with Gasteiger partial charge in [0.05, 0.1) is 12.2 Å². The molecule has 0 bridgehead atoms. The van der Waals surface area contributed by atoms with Crippen LogP contribution in [0.3, 0.4) is 0 Å². The molecule has 5 nitrogen and oxygen atoms in total. The van der Waals surface area contributed by atoms with Crippen molar-refractivity contribution in [2.45, 2.75) is 32.4 Å². The first kappa shape index (κ1) is 13.4. The molecule has 0 radical (unpaired) electrons. The number of amides is 1. The van der Waals surface area contributed by atoms with Gasteiger partial charge in [-0.2, -0.15) is 0 Å². The molecule has 0 spiro atoms. The Bertz CT molecular complexity index is 177. The van der Waals surface area contributed by atoms with Gasteiger partial charge in [-0.15, -0.1) is 0 Å². The summed E-state index contributed by atoms with van der Waals surface area (Å²) in [5.74, 6) is -0.222. The maximum atomic E-state index is 11.2. The van der Waals surface area contributed by atoms with Gasteiger partial charge in [0.1, 0.15) is 6.04 Å². The Labute approximate surface area is 85.2 Å². The number of carbonyl (C=O) groups excluding carboxylic acids is 1. The van der Waals surface area contributed by atoms with E-state index in [2.05, 4.69) is 5.32 Å². The summed E-state index contributed by atoms with van der Waals surface area (Å²) in [4.78, 5) is 11.2. The standard InChI is InChI=1S/C9H21N3O2/c1-9(2,3)14-6-7(11)8(13)12-5-4-10/h7H,4-6,10-11H2,1-3H3,(H,12,13)/t7-/m1/s1. The fourth-order valence-corrected chi connectivity index (χ4v) is 0.742. The van der Waals surface area contributed by atoms with E-state index in [1.807, 2.05) is 20.8 Å². The van der Waals surface area contributed by atoms with Gasteiger partial charge in [-0.25, -0.2) is 0 Å². The normalized spacial score (nSPS) is 13.8. The van der Waals surface area contributed by atoms with Crippen LogP contribution in [0.5, 0.6) is 0 Å². The van der Waals surface area contributed by atoms with Crippen LogP contribution in [0.25, 0.3) is 0 Å². The average Bonchev–Trinajstić information content (AvgIpc) is 2.09. The van der Waals surface area contributed by atoms with Gasteiger partial charge in [0.25, 0.3) is 0 Å². The van der Waals surface area contributed by atoms with Gasteiger partial charge < -0.3 is 21.5 Å². The molecule has 1 amide bonds. The first-order valence-corrected chi connectivity index (χ1v) is 4.74. The zero-order chi connectivity index (χ0) is 11.2. The van der Waals surface area contributed by atoms with E-state index >= 15 is 0 Å². The van der Waals surface area contributed by atoms with E-state index in [0.717, 1.165) is 0 Å². The van der Waals surface area contributed by atoms with Crippen LogP contribution in [-0.2, 0) is 9.53 Å². The fraction of sp³-hybridized carbons (Fsp3) is 0.889. The van der Waals surface area contributed by atoms with E-state index in [1.165, 1.54) is 0 Å². The lowest BCUT2D eigenvalue weighted by Gasteiger charge is -2.22. The van der Waals surface area contributed by atoms with E-state index in [4.69, 9.17) is 16.2 Å². The zero-order valence-electron chi connectivity index (χ0n) is 9.17. The Balaban J connectivity index is 3.73. The molecular formula is C9H21N3O2. The van der Waals surface area contributed by atoms with E-state index in [9.17, 15) is 4.79 Å². The number of hydrogen-bond acceptors (Lipinski definition) is 4. The van der Waals surface area contributed by atoms with Crippen molar-refractivity contribution in [3.63, 3.8) is 0 Å². The fourth-order valence-electron chi connectivity index (χ4n) is 0.742. The second-order valence-electron chi connectivity index (χ2n) is 4.11. The molecule has 0 aromatic rings. The molecule has 5 heteroatoms. The van der Waals surface area contributed by atoms with Crippen LogP contribution in [-0.4, -0.2) is 37.2 Å². The van der Waals surface area contributed by atoms with Crippen LogP contribution in [0.2, 0.25) is 0 Å². The van der Waals surface area contributed by atoms with Crippen LogP contribution in [0.4, 0.5) is 0 Å². The van der Waals surface area contributed by atoms with Crippen molar-refractivity contribution in [1.29, 1.82) is 0 Å². The van der Waals surface area contributed by atoms with Gasteiger partial charge >= 0.3 is 0 Å². The van der Waals surface area contributed by atoms with Gasteiger partial charge in [-0.3, -0.25) is 4.79 Å². The van der Waals surface area contributed by atoms with Crippen molar-refractivity contribution < 1.29 is 9.53 Å². The summed E-state index contributed by atoms with van der Waals surface area (Å²) in [6, 6.07) is -0.624. The highest BCUT2D eigenvalue weighted by atomic mass is 16.5. The summed E-state index contributed by atoms with van der Waals surface area (Å²) in [5, 5.41) is 2.60. The second kappa shape index (κ2) is 5.95. The third-order valence-corrected chi connectivity index (χ3v) is 1.48. The second-order valence-corrected chi connectivity index (χ2v) is 4.11. The summed E-state index contributed by atoms with van der Waals surface area (Å²) in [6.07, 6.45) is 0.